The molecule has 0 unspecified atom stereocenters. The number of hydrogen-bond donors (Lipinski definition) is 0. The van der Waals surface area contributed by atoms with Crippen molar-refractivity contribution in [2.75, 3.05) is 6.26 Å². The summed E-state index contributed by atoms with van der Waals surface area (Å²) in [5.41, 5.74) is 4.48. The Bertz CT molecular complexity index is 983. The summed E-state index contributed by atoms with van der Waals surface area (Å²) in [5.74, 6) is 0. The van der Waals surface area contributed by atoms with Crippen molar-refractivity contribution in [1.29, 1.82) is 0 Å². The monoisotopic (exact) mass is 358 g/mol. The van der Waals surface area contributed by atoms with E-state index in [1.54, 1.807) is 42.7 Å². The van der Waals surface area contributed by atoms with Crippen molar-refractivity contribution in [3.8, 4) is 22.3 Å². The van der Waals surface area contributed by atoms with Crippen LogP contribution in [0.15, 0.2) is 59.8 Å². The molecule has 0 aliphatic heterocycles. The molecule has 2 heterocycles. The molecular weight excluding hydrogens is 344 g/mol. The van der Waals surface area contributed by atoms with E-state index in [4.69, 9.17) is 11.6 Å². The number of benzene rings is 1. The van der Waals surface area contributed by atoms with Crippen LogP contribution < -0.4 is 0 Å². The smallest absolute Gasteiger partial charge is 0.175 e. The minimum atomic E-state index is -3.23. The van der Waals surface area contributed by atoms with Crippen LogP contribution in [0, 0.1) is 6.92 Å². The number of pyridine rings is 2. The maximum atomic E-state index is 11.6. The van der Waals surface area contributed by atoms with Gasteiger partial charge in [-0.05, 0) is 42.3 Å². The molecule has 0 aliphatic carbocycles. The molecule has 4 nitrogen and oxygen atoms in total. The Morgan fingerprint density at radius 1 is 0.875 bits per heavy atom. The van der Waals surface area contributed by atoms with Crippen LogP contribution in [0.5, 0.6) is 0 Å². The van der Waals surface area contributed by atoms with Crippen molar-refractivity contribution in [3.05, 3.63) is 65.7 Å². The molecule has 0 fully saturated rings. The van der Waals surface area contributed by atoms with Gasteiger partial charge in [-0.25, -0.2) is 13.4 Å². The molecular formula is C18H15ClN2O2S. The minimum Gasteiger partial charge on any atom is -0.261 e. The van der Waals surface area contributed by atoms with Gasteiger partial charge in [0, 0.05) is 35.5 Å². The Labute approximate surface area is 146 Å². The quantitative estimate of drug-likeness (QED) is 0.659. The summed E-state index contributed by atoms with van der Waals surface area (Å²) in [6, 6.07) is 12.4. The van der Waals surface area contributed by atoms with Crippen LogP contribution in [0.1, 0.15) is 5.69 Å². The van der Waals surface area contributed by atoms with Crippen LogP contribution in [-0.2, 0) is 9.84 Å². The Balaban J connectivity index is 2.13. The van der Waals surface area contributed by atoms with Gasteiger partial charge in [-0.15, -0.1) is 0 Å². The van der Waals surface area contributed by atoms with Gasteiger partial charge in [0.15, 0.2) is 9.84 Å². The summed E-state index contributed by atoms with van der Waals surface area (Å²) in [6.07, 6.45) is 4.68. The molecule has 0 saturated carbocycles. The van der Waals surface area contributed by atoms with Crippen LogP contribution in [0.4, 0.5) is 0 Å². The summed E-state index contributed by atoms with van der Waals surface area (Å²) in [7, 11) is -3.23. The van der Waals surface area contributed by atoms with Crippen molar-refractivity contribution in [1.82, 2.24) is 9.97 Å². The highest BCUT2D eigenvalue weighted by Gasteiger charge is 2.12. The Morgan fingerprint density at radius 3 is 2.12 bits per heavy atom. The third-order valence-corrected chi connectivity index (χ3v) is 5.02. The van der Waals surface area contributed by atoms with Crippen LogP contribution in [-0.4, -0.2) is 24.6 Å². The molecule has 24 heavy (non-hydrogen) atoms. The largest absolute Gasteiger partial charge is 0.261 e. The zero-order valence-corrected chi connectivity index (χ0v) is 14.8. The first-order valence-corrected chi connectivity index (χ1v) is 9.50. The zero-order chi connectivity index (χ0) is 17.3. The number of aromatic nitrogens is 2. The predicted octanol–water partition coefficient (Wildman–Crippen LogP) is 4.18. The molecule has 0 aliphatic rings. The van der Waals surface area contributed by atoms with E-state index in [1.807, 2.05) is 19.1 Å². The second-order valence-electron chi connectivity index (χ2n) is 5.54. The standard InChI is InChI=1S/C18H15ClN2O2S/c1-12-3-4-14(10-20-12)17-11-21-18(19)9-16(17)13-5-7-15(8-6-13)24(2,22)23/h3-11H,1-2H3. The summed E-state index contributed by atoms with van der Waals surface area (Å²) in [4.78, 5) is 8.76. The van der Waals surface area contributed by atoms with E-state index in [0.717, 1.165) is 27.9 Å². The lowest BCUT2D eigenvalue weighted by atomic mass is 9.97. The predicted molar refractivity (Wildman–Crippen MR) is 95.8 cm³/mol. The Hall–Kier alpha value is -2.24. The zero-order valence-electron chi connectivity index (χ0n) is 13.2. The van der Waals surface area contributed by atoms with Crippen molar-refractivity contribution >= 4 is 21.4 Å². The fourth-order valence-electron chi connectivity index (χ4n) is 2.41. The maximum Gasteiger partial charge on any atom is 0.175 e. The van der Waals surface area contributed by atoms with Crippen LogP contribution in [0.3, 0.4) is 0 Å². The SMILES string of the molecule is Cc1ccc(-c2cnc(Cl)cc2-c2ccc(S(C)(=O)=O)cc2)cn1. The van der Waals surface area contributed by atoms with Gasteiger partial charge >= 0.3 is 0 Å². The lowest BCUT2D eigenvalue weighted by Gasteiger charge is -2.11. The lowest BCUT2D eigenvalue weighted by Crippen LogP contribution is -1.96. The van der Waals surface area contributed by atoms with Gasteiger partial charge in [-0.3, -0.25) is 4.98 Å². The van der Waals surface area contributed by atoms with Gasteiger partial charge in [0.05, 0.1) is 4.90 Å². The van der Waals surface area contributed by atoms with Gasteiger partial charge < -0.3 is 0 Å². The summed E-state index contributed by atoms with van der Waals surface area (Å²) < 4.78 is 23.2. The Kier molecular flexibility index (Phi) is 4.39. The number of halogens is 1. The van der Waals surface area contributed by atoms with Gasteiger partial charge in [0.1, 0.15) is 5.15 Å². The summed E-state index contributed by atoms with van der Waals surface area (Å²) >= 11 is 6.06. The topological polar surface area (TPSA) is 59.9 Å². The first-order valence-electron chi connectivity index (χ1n) is 7.24. The van der Waals surface area contributed by atoms with Crippen molar-refractivity contribution < 1.29 is 8.42 Å². The number of nitrogens with zero attached hydrogens (tertiary/aromatic N) is 2. The van der Waals surface area contributed by atoms with E-state index in [1.165, 1.54) is 6.26 Å². The van der Waals surface area contributed by atoms with Gasteiger partial charge in [-0.2, -0.15) is 0 Å². The van der Waals surface area contributed by atoms with Crippen molar-refractivity contribution in [2.45, 2.75) is 11.8 Å². The molecule has 0 amide bonds. The van der Waals surface area contributed by atoms with Crippen LogP contribution >= 0.6 is 11.6 Å². The highest BCUT2D eigenvalue weighted by Crippen LogP contribution is 2.33. The van der Waals surface area contributed by atoms with E-state index in [9.17, 15) is 8.42 Å². The molecule has 3 rings (SSSR count). The molecule has 0 radical (unpaired) electrons. The highest BCUT2D eigenvalue weighted by molar-refractivity contribution is 7.90. The minimum absolute atomic E-state index is 0.282. The van der Waals surface area contributed by atoms with Gasteiger partial charge in [0.2, 0.25) is 0 Å². The molecule has 3 aromatic rings. The third kappa shape index (κ3) is 3.47. The average Bonchev–Trinajstić information content (AvgIpc) is 2.55. The number of aryl methyl sites for hydroxylation is 1. The van der Waals surface area contributed by atoms with E-state index in [2.05, 4.69) is 9.97 Å². The van der Waals surface area contributed by atoms with Gasteiger partial charge in [0.25, 0.3) is 0 Å². The average molecular weight is 359 g/mol. The fourth-order valence-corrected chi connectivity index (χ4v) is 3.20. The number of rotatable bonds is 3. The molecule has 0 saturated heterocycles. The van der Waals surface area contributed by atoms with Crippen molar-refractivity contribution in [2.24, 2.45) is 0 Å². The van der Waals surface area contributed by atoms with Crippen LogP contribution in [0.25, 0.3) is 22.3 Å². The molecule has 0 N–H and O–H groups in total. The van der Waals surface area contributed by atoms with E-state index in [0.29, 0.717) is 5.15 Å². The lowest BCUT2D eigenvalue weighted by molar-refractivity contribution is 0.602. The first-order chi connectivity index (χ1) is 11.3. The Morgan fingerprint density at radius 2 is 1.54 bits per heavy atom. The van der Waals surface area contributed by atoms with E-state index >= 15 is 0 Å². The van der Waals surface area contributed by atoms with E-state index < -0.39 is 9.84 Å². The summed E-state index contributed by atoms with van der Waals surface area (Å²) in [5, 5.41) is 0.376. The molecule has 0 spiro atoms. The number of sulfone groups is 1. The molecule has 1 aromatic carbocycles. The first kappa shape index (κ1) is 16.6. The van der Waals surface area contributed by atoms with E-state index in [-0.39, 0.29) is 4.90 Å². The maximum absolute atomic E-state index is 11.6. The molecule has 6 heteroatoms. The van der Waals surface area contributed by atoms with Gasteiger partial charge in [-0.1, -0.05) is 29.8 Å². The number of hydrogen-bond acceptors (Lipinski definition) is 4. The molecule has 2 aromatic heterocycles. The molecule has 0 atom stereocenters. The second-order valence-corrected chi connectivity index (χ2v) is 7.94. The normalized spacial score (nSPS) is 11.5. The second kappa shape index (κ2) is 6.34. The molecule has 0 bridgehead atoms. The molecule has 122 valence electrons. The third-order valence-electron chi connectivity index (χ3n) is 3.69. The fraction of sp³-hybridized carbons (Fsp3) is 0.111. The van der Waals surface area contributed by atoms with Crippen molar-refractivity contribution in [3.63, 3.8) is 0 Å². The highest BCUT2D eigenvalue weighted by atomic mass is 35.5. The van der Waals surface area contributed by atoms with Crippen LogP contribution in [0.2, 0.25) is 5.15 Å². The summed E-state index contributed by atoms with van der Waals surface area (Å²) in [6.45, 7) is 1.93.